The van der Waals surface area contributed by atoms with Gasteiger partial charge in [0.15, 0.2) is 5.69 Å². The first-order valence-electron chi connectivity index (χ1n) is 10.7. The third kappa shape index (κ3) is 3.80. The number of hydrogen-bond acceptors (Lipinski definition) is 5. The third-order valence-corrected chi connectivity index (χ3v) is 7.00. The molecule has 8 heteroatoms. The Balaban J connectivity index is 1.47. The van der Waals surface area contributed by atoms with Gasteiger partial charge in [0.05, 0.1) is 17.9 Å². The highest BCUT2D eigenvalue weighted by Crippen LogP contribution is 2.42. The SMILES string of the molecule is COCCN1C(=O)c2ccccc2Sc2cc(NC(=O)c3n[nH]c4c3CCCC4)ccc21. The molecule has 0 spiro atoms. The van der Waals surface area contributed by atoms with Crippen LogP contribution in [0, 0.1) is 0 Å². The van der Waals surface area contributed by atoms with Crippen LogP contribution < -0.4 is 10.2 Å². The predicted molar refractivity (Wildman–Crippen MR) is 124 cm³/mol. The molecule has 0 fully saturated rings. The maximum absolute atomic E-state index is 13.2. The fraction of sp³-hybridized carbons (Fsp3) is 0.292. The van der Waals surface area contributed by atoms with Gasteiger partial charge >= 0.3 is 0 Å². The van der Waals surface area contributed by atoms with Crippen molar-refractivity contribution in [3.63, 3.8) is 0 Å². The summed E-state index contributed by atoms with van der Waals surface area (Å²) in [6.45, 7) is 0.878. The van der Waals surface area contributed by atoms with Gasteiger partial charge in [-0.1, -0.05) is 23.9 Å². The van der Waals surface area contributed by atoms with Gasteiger partial charge in [0, 0.05) is 40.4 Å². The van der Waals surface area contributed by atoms with Gasteiger partial charge in [0.2, 0.25) is 0 Å². The normalized spacial score (nSPS) is 14.9. The van der Waals surface area contributed by atoms with Crippen molar-refractivity contribution in [3.8, 4) is 0 Å². The van der Waals surface area contributed by atoms with Crippen LogP contribution >= 0.6 is 11.8 Å². The lowest BCUT2D eigenvalue weighted by Gasteiger charge is -2.23. The van der Waals surface area contributed by atoms with Gasteiger partial charge in [0.25, 0.3) is 11.8 Å². The second kappa shape index (κ2) is 8.80. The van der Waals surface area contributed by atoms with Crippen molar-refractivity contribution >= 4 is 35.0 Å². The molecule has 2 amide bonds. The quantitative estimate of drug-likeness (QED) is 0.608. The Morgan fingerprint density at radius 1 is 1.19 bits per heavy atom. The molecule has 2 N–H and O–H groups in total. The molecule has 0 saturated carbocycles. The minimum Gasteiger partial charge on any atom is -0.383 e. The fourth-order valence-electron chi connectivity index (χ4n) is 4.27. The average Bonchev–Trinajstić information content (AvgIpc) is 3.20. The molecule has 7 nitrogen and oxygen atoms in total. The highest BCUT2D eigenvalue weighted by atomic mass is 32.2. The molecule has 32 heavy (non-hydrogen) atoms. The van der Waals surface area contributed by atoms with Crippen molar-refractivity contribution in [2.75, 3.05) is 30.5 Å². The van der Waals surface area contributed by atoms with Crippen LogP contribution in [0.1, 0.15) is 44.9 Å². The van der Waals surface area contributed by atoms with Crippen LogP contribution in [0.25, 0.3) is 0 Å². The molecule has 2 aromatic carbocycles. The van der Waals surface area contributed by atoms with Gasteiger partial charge in [-0.3, -0.25) is 14.7 Å². The smallest absolute Gasteiger partial charge is 0.276 e. The lowest BCUT2D eigenvalue weighted by molar-refractivity contribution is 0.0971. The molecule has 1 aromatic heterocycles. The minimum absolute atomic E-state index is 0.0520. The highest BCUT2D eigenvalue weighted by molar-refractivity contribution is 7.99. The Morgan fingerprint density at radius 3 is 2.91 bits per heavy atom. The second-order valence-electron chi connectivity index (χ2n) is 7.92. The van der Waals surface area contributed by atoms with Crippen molar-refractivity contribution < 1.29 is 14.3 Å². The molecule has 0 radical (unpaired) electrons. The van der Waals surface area contributed by atoms with E-state index in [1.807, 2.05) is 42.5 Å². The molecule has 2 aliphatic rings. The molecule has 5 rings (SSSR count). The number of carbonyl (C=O) groups excluding carboxylic acids is 2. The Hall–Kier alpha value is -3.10. The van der Waals surface area contributed by atoms with Crippen LogP contribution in [0.2, 0.25) is 0 Å². The summed E-state index contributed by atoms with van der Waals surface area (Å²) in [7, 11) is 1.62. The maximum Gasteiger partial charge on any atom is 0.276 e. The Kier molecular flexibility index (Phi) is 5.71. The first kappa shape index (κ1) is 20.8. The summed E-state index contributed by atoms with van der Waals surface area (Å²) in [4.78, 5) is 29.7. The summed E-state index contributed by atoms with van der Waals surface area (Å²) in [5.41, 5.74) is 4.73. The van der Waals surface area contributed by atoms with E-state index in [0.29, 0.717) is 30.1 Å². The molecule has 0 bridgehead atoms. The van der Waals surface area contributed by atoms with E-state index >= 15 is 0 Å². The number of carbonyl (C=O) groups is 2. The number of aromatic nitrogens is 2. The lowest BCUT2D eigenvalue weighted by Crippen LogP contribution is -2.33. The molecular weight excluding hydrogens is 424 g/mol. The number of benzene rings is 2. The summed E-state index contributed by atoms with van der Waals surface area (Å²) < 4.78 is 5.23. The molecule has 164 valence electrons. The summed E-state index contributed by atoms with van der Waals surface area (Å²) in [6.07, 6.45) is 4.02. The van der Waals surface area contributed by atoms with E-state index in [9.17, 15) is 9.59 Å². The summed E-state index contributed by atoms with van der Waals surface area (Å²) >= 11 is 1.53. The fourth-order valence-corrected chi connectivity index (χ4v) is 5.38. The first-order chi connectivity index (χ1) is 15.7. The molecule has 3 aromatic rings. The summed E-state index contributed by atoms with van der Waals surface area (Å²) in [6, 6.07) is 13.2. The van der Waals surface area contributed by atoms with E-state index in [4.69, 9.17) is 4.74 Å². The van der Waals surface area contributed by atoms with Crippen LogP contribution in [0.3, 0.4) is 0 Å². The van der Waals surface area contributed by atoms with Crippen LogP contribution in [-0.2, 0) is 17.6 Å². The van der Waals surface area contributed by atoms with Crippen molar-refractivity contribution in [1.29, 1.82) is 0 Å². The van der Waals surface area contributed by atoms with Crippen LogP contribution in [0.15, 0.2) is 52.3 Å². The van der Waals surface area contributed by atoms with Crippen molar-refractivity contribution in [1.82, 2.24) is 10.2 Å². The summed E-state index contributed by atoms with van der Waals surface area (Å²) in [5.74, 6) is -0.264. The van der Waals surface area contributed by atoms with E-state index in [0.717, 1.165) is 52.4 Å². The van der Waals surface area contributed by atoms with E-state index < -0.39 is 0 Å². The number of aryl methyl sites for hydroxylation is 1. The average molecular weight is 449 g/mol. The number of amides is 2. The van der Waals surface area contributed by atoms with Crippen molar-refractivity contribution in [2.24, 2.45) is 0 Å². The number of fused-ring (bicyclic) bond motifs is 3. The maximum atomic E-state index is 13.2. The zero-order valence-corrected chi connectivity index (χ0v) is 18.6. The minimum atomic E-state index is -0.212. The Labute approximate surface area is 190 Å². The topological polar surface area (TPSA) is 87.3 Å². The number of anilines is 2. The second-order valence-corrected chi connectivity index (χ2v) is 9.00. The number of ether oxygens (including phenoxy) is 1. The largest absolute Gasteiger partial charge is 0.383 e. The highest BCUT2D eigenvalue weighted by Gasteiger charge is 2.28. The van der Waals surface area contributed by atoms with E-state index in [1.54, 1.807) is 12.0 Å². The van der Waals surface area contributed by atoms with E-state index in [-0.39, 0.29) is 11.8 Å². The van der Waals surface area contributed by atoms with E-state index in [1.165, 1.54) is 11.8 Å². The summed E-state index contributed by atoms with van der Waals surface area (Å²) in [5, 5.41) is 10.3. The molecule has 1 aliphatic carbocycles. The van der Waals surface area contributed by atoms with Crippen LogP contribution in [0.4, 0.5) is 11.4 Å². The van der Waals surface area contributed by atoms with Gasteiger partial charge in [-0.15, -0.1) is 0 Å². The molecule has 1 aliphatic heterocycles. The zero-order chi connectivity index (χ0) is 22.1. The van der Waals surface area contributed by atoms with Gasteiger partial charge in [-0.05, 0) is 56.0 Å². The molecule has 0 unspecified atom stereocenters. The molecule has 2 heterocycles. The predicted octanol–water partition coefficient (Wildman–Crippen LogP) is 4.30. The van der Waals surface area contributed by atoms with Crippen molar-refractivity contribution in [2.45, 2.75) is 35.5 Å². The lowest BCUT2D eigenvalue weighted by atomic mass is 9.96. The van der Waals surface area contributed by atoms with Gasteiger partial charge in [-0.2, -0.15) is 5.10 Å². The molecule has 0 atom stereocenters. The molecular formula is C24H24N4O3S. The standard InChI is InChI=1S/C24H24N4O3S/c1-31-13-12-28-19-11-10-15(14-21(19)32-20-9-5-3-7-17(20)24(28)30)25-23(29)22-16-6-2-4-8-18(16)26-27-22/h3,5,7,9-11,14H,2,4,6,8,12-13H2,1H3,(H,25,29)(H,26,27). The molecule has 0 saturated heterocycles. The monoisotopic (exact) mass is 448 g/mol. The van der Waals surface area contributed by atoms with Gasteiger partial charge in [-0.25, -0.2) is 0 Å². The number of aromatic amines is 1. The third-order valence-electron chi connectivity index (χ3n) is 5.88. The Bertz CT molecular complexity index is 1190. The number of nitrogens with zero attached hydrogens (tertiary/aromatic N) is 2. The number of H-pyrrole nitrogens is 1. The first-order valence-corrected chi connectivity index (χ1v) is 11.6. The number of hydrogen-bond donors (Lipinski definition) is 2. The van der Waals surface area contributed by atoms with E-state index in [2.05, 4.69) is 15.5 Å². The van der Waals surface area contributed by atoms with Crippen LogP contribution in [-0.4, -0.2) is 42.3 Å². The van der Waals surface area contributed by atoms with Crippen molar-refractivity contribution in [3.05, 3.63) is 65.0 Å². The van der Waals surface area contributed by atoms with Gasteiger partial charge < -0.3 is 15.0 Å². The Morgan fingerprint density at radius 2 is 2.03 bits per heavy atom. The van der Waals surface area contributed by atoms with Crippen LogP contribution in [0.5, 0.6) is 0 Å². The number of methoxy groups -OCH3 is 1. The zero-order valence-electron chi connectivity index (χ0n) is 17.8. The van der Waals surface area contributed by atoms with Gasteiger partial charge in [0.1, 0.15) is 0 Å². The number of nitrogens with one attached hydrogen (secondary N) is 2. The number of rotatable bonds is 5.